The summed E-state index contributed by atoms with van der Waals surface area (Å²) in [4.78, 5) is 34.5. The van der Waals surface area contributed by atoms with Gasteiger partial charge in [0.15, 0.2) is 11.5 Å². The Balaban J connectivity index is 1.39. The number of fused-ring (bicyclic) bond motifs is 1. The molecule has 3 heterocycles. The van der Waals surface area contributed by atoms with Gasteiger partial charge in [0.25, 0.3) is 5.91 Å². The molecule has 150 valence electrons. The zero-order valence-corrected chi connectivity index (χ0v) is 16.6. The van der Waals surface area contributed by atoms with E-state index in [0.717, 1.165) is 35.3 Å². The molecule has 6 nitrogen and oxygen atoms in total. The fourth-order valence-electron chi connectivity index (χ4n) is 4.04. The standard InChI is InChI=1S/C24H21N3O3/c1-15(28)16-8-10-17(11-9-16)21-12-13-22(30-21)24(29)27-14-4-7-20(27)23-25-18-5-2-3-6-19(18)26-23/h2-3,5-6,8-13,20H,4,7,14H2,1H3,(H,25,26)/t20-/m0/s1. The zero-order valence-electron chi connectivity index (χ0n) is 16.6. The maximum atomic E-state index is 13.2. The lowest BCUT2D eigenvalue weighted by Gasteiger charge is -2.22. The number of aromatic amines is 1. The van der Waals surface area contributed by atoms with Gasteiger partial charge in [0.05, 0.1) is 17.1 Å². The van der Waals surface area contributed by atoms with Gasteiger partial charge in [-0.1, -0.05) is 36.4 Å². The van der Waals surface area contributed by atoms with Crippen LogP contribution in [0.3, 0.4) is 0 Å². The van der Waals surface area contributed by atoms with E-state index in [2.05, 4.69) is 9.97 Å². The largest absolute Gasteiger partial charge is 0.451 e. The van der Waals surface area contributed by atoms with Crippen LogP contribution in [0.25, 0.3) is 22.4 Å². The molecule has 30 heavy (non-hydrogen) atoms. The van der Waals surface area contributed by atoms with Gasteiger partial charge in [-0.25, -0.2) is 4.98 Å². The molecule has 0 bridgehead atoms. The maximum absolute atomic E-state index is 13.2. The molecule has 1 saturated heterocycles. The van der Waals surface area contributed by atoms with Crippen molar-refractivity contribution in [2.45, 2.75) is 25.8 Å². The Morgan fingerprint density at radius 1 is 1.07 bits per heavy atom. The molecule has 0 unspecified atom stereocenters. The molecule has 2 aromatic heterocycles. The van der Waals surface area contributed by atoms with Gasteiger partial charge in [-0.3, -0.25) is 9.59 Å². The maximum Gasteiger partial charge on any atom is 0.290 e. The summed E-state index contributed by atoms with van der Waals surface area (Å²) in [6, 6.07) is 18.5. The number of likely N-dealkylation sites (tertiary alicyclic amines) is 1. The number of carbonyl (C=O) groups is 2. The van der Waals surface area contributed by atoms with Crippen LogP contribution in [0.2, 0.25) is 0 Å². The van der Waals surface area contributed by atoms with Crippen LogP contribution in [0.1, 0.15) is 52.5 Å². The molecule has 0 spiro atoms. The van der Waals surface area contributed by atoms with Crippen LogP contribution in [-0.4, -0.2) is 33.1 Å². The lowest BCUT2D eigenvalue weighted by molar-refractivity contribution is 0.0699. The lowest BCUT2D eigenvalue weighted by Crippen LogP contribution is -2.30. The van der Waals surface area contributed by atoms with E-state index in [-0.39, 0.29) is 17.7 Å². The van der Waals surface area contributed by atoms with E-state index in [4.69, 9.17) is 4.42 Å². The van der Waals surface area contributed by atoms with E-state index in [1.807, 2.05) is 41.3 Å². The summed E-state index contributed by atoms with van der Waals surface area (Å²) in [6.07, 6.45) is 1.79. The molecule has 1 atom stereocenters. The number of para-hydroxylation sites is 2. The van der Waals surface area contributed by atoms with Gasteiger partial charge in [-0.2, -0.15) is 0 Å². The fourth-order valence-corrected chi connectivity index (χ4v) is 4.04. The van der Waals surface area contributed by atoms with Crippen molar-refractivity contribution in [1.82, 2.24) is 14.9 Å². The Labute approximate surface area is 173 Å². The Hall–Kier alpha value is -3.67. The predicted molar refractivity (Wildman–Crippen MR) is 113 cm³/mol. The summed E-state index contributed by atoms with van der Waals surface area (Å²) in [7, 11) is 0. The number of amides is 1. The summed E-state index contributed by atoms with van der Waals surface area (Å²) in [5.41, 5.74) is 3.35. The van der Waals surface area contributed by atoms with E-state index in [0.29, 0.717) is 23.6 Å². The number of carbonyl (C=O) groups excluding carboxylic acids is 2. The van der Waals surface area contributed by atoms with Crippen molar-refractivity contribution in [3.05, 3.63) is 77.8 Å². The lowest BCUT2D eigenvalue weighted by atomic mass is 10.1. The number of hydrogen-bond donors (Lipinski definition) is 1. The molecule has 0 radical (unpaired) electrons. The molecular weight excluding hydrogens is 378 g/mol. The molecule has 1 amide bonds. The smallest absolute Gasteiger partial charge is 0.290 e. The van der Waals surface area contributed by atoms with Crippen molar-refractivity contribution >= 4 is 22.7 Å². The quantitative estimate of drug-likeness (QED) is 0.490. The molecule has 1 aliphatic heterocycles. The molecule has 0 saturated carbocycles. The van der Waals surface area contributed by atoms with Crippen molar-refractivity contribution in [3.8, 4) is 11.3 Å². The number of furan rings is 1. The number of nitrogens with one attached hydrogen (secondary N) is 1. The van der Waals surface area contributed by atoms with Gasteiger partial charge in [0, 0.05) is 17.7 Å². The normalized spacial score (nSPS) is 16.3. The highest BCUT2D eigenvalue weighted by Crippen LogP contribution is 2.33. The van der Waals surface area contributed by atoms with Gasteiger partial charge >= 0.3 is 0 Å². The highest BCUT2D eigenvalue weighted by atomic mass is 16.4. The second-order valence-corrected chi connectivity index (χ2v) is 7.59. The Morgan fingerprint density at radius 3 is 2.63 bits per heavy atom. The molecule has 1 fully saturated rings. The Bertz CT molecular complexity index is 1200. The van der Waals surface area contributed by atoms with Crippen LogP contribution in [-0.2, 0) is 0 Å². The number of imidazole rings is 1. The summed E-state index contributed by atoms with van der Waals surface area (Å²) < 4.78 is 5.88. The minimum Gasteiger partial charge on any atom is -0.451 e. The molecule has 1 aliphatic rings. The summed E-state index contributed by atoms with van der Waals surface area (Å²) >= 11 is 0. The minimum atomic E-state index is -0.135. The third-order valence-electron chi connectivity index (χ3n) is 5.63. The SMILES string of the molecule is CC(=O)c1ccc(-c2ccc(C(=O)N3CCC[C@H]3c3nc4ccccc4[nH]3)o2)cc1. The average Bonchev–Trinajstić information content (AvgIpc) is 3.52. The number of aromatic nitrogens is 2. The fraction of sp³-hybridized carbons (Fsp3) is 0.208. The molecular formula is C24H21N3O3. The van der Waals surface area contributed by atoms with E-state index in [1.165, 1.54) is 6.92 Å². The Kier molecular flexibility index (Phi) is 4.47. The van der Waals surface area contributed by atoms with Gasteiger partial charge < -0.3 is 14.3 Å². The average molecular weight is 399 g/mol. The highest BCUT2D eigenvalue weighted by Gasteiger charge is 2.34. The first-order chi connectivity index (χ1) is 14.6. The second-order valence-electron chi connectivity index (χ2n) is 7.59. The number of H-pyrrole nitrogens is 1. The second kappa shape index (κ2) is 7.30. The first-order valence-corrected chi connectivity index (χ1v) is 10.1. The molecule has 6 heteroatoms. The van der Waals surface area contributed by atoms with Gasteiger partial charge in [0.2, 0.25) is 0 Å². The van der Waals surface area contributed by atoms with Crippen LogP contribution >= 0.6 is 0 Å². The first-order valence-electron chi connectivity index (χ1n) is 10.1. The van der Waals surface area contributed by atoms with Crippen LogP contribution in [0.5, 0.6) is 0 Å². The van der Waals surface area contributed by atoms with E-state index in [9.17, 15) is 9.59 Å². The van der Waals surface area contributed by atoms with Gasteiger partial charge in [0.1, 0.15) is 11.6 Å². The van der Waals surface area contributed by atoms with E-state index < -0.39 is 0 Å². The number of benzene rings is 2. The third-order valence-corrected chi connectivity index (χ3v) is 5.63. The monoisotopic (exact) mass is 399 g/mol. The molecule has 2 aromatic carbocycles. The summed E-state index contributed by atoms with van der Waals surface area (Å²) in [6.45, 7) is 2.21. The zero-order chi connectivity index (χ0) is 20.7. The molecule has 1 N–H and O–H groups in total. The van der Waals surface area contributed by atoms with Crippen LogP contribution in [0.4, 0.5) is 0 Å². The van der Waals surface area contributed by atoms with Crippen molar-refractivity contribution in [2.75, 3.05) is 6.54 Å². The molecule has 4 aromatic rings. The van der Waals surface area contributed by atoms with E-state index in [1.54, 1.807) is 24.3 Å². The van der Waals surface area contributed by atoms with E-state index >= 15 is 0 Å². The van der Waals surface area contributed by atoms with Crippen molar-refractivity contribution in [1.29, 1.82) is 0 Å². The van der Waals surface area contributed by atoms with Gasteiger partial charge in [-0.05, 0) is 44.0 Å². The van der Waals surface area contributed by atoms with Crippen LogP contribution in [0.15, 0.2) is 65.1 Å². The summed E-state index contributed by atoms with van der Waals surface area (Å²) in [5, 5.41) is 0. The third kappa shape index (κ3) is 3.20. The minimum absolute atomic E-state index is 0.0162. The Morgan fingerprint density at radius 2 is 1.87 bits per heavy atom. The van der Waals surface area contributed by atoms with Crippen LogP contribution < -0.4 is 0 Å². The van der Waals surface area contributed by atoms with Crippen molar-refractivity contribution in [2.24, 2.45) is 0 Å². The number of Topliss-reactive ketones (excluding diaryl/α,β-unsaturated/α-hetero) is 1. The molecule has 5 rings (SSSR count). The number of nitrogens with zero attached hydrogens (tertiary/aromatic N) is 2. The van der Waals surface area contributed by atoms with Crippen molar-refractivity contribution < 1.29 is 14.0 Å². The number of ketones is 1. The first kappa shape index (κ1) is 18.4. The van der Waals surface area contributed by atoms with Gasteiger partial charge in [-0.15, -0.1) is 0 Å². The number of rotatable bonds is 4. The number of hydrogen-bond acceptors (Lipinski definition) is 4. The van der Waals surface area contributed by atoms with Crippen molar-refractivity contribution in [3.63, 3.8) is 0 Å². The topological polar surface area (TPSA) is 79.2 Å². The molecule has 0 aliphatic carbocycles. The van der Waals surface area contributed by atoms with Crippen LogP contribution in [0, 0.1) is 0 Å². The predicted octanol–water partition coefficient (Wildman–Crippen LogP) is 5.00. The highest BCUT2D eigenvalue weighted by molar-refractivity contribution is 5.95. The summed E-state index contributed by atoms with van der Waals surface area (Å²) in [5.74, 6) is 1.61.